The van der Waals surface area contributed by atoms with Crippen molar-refractivity contribution >= 4 is 27.8 Å². The van der Waals surface area contributed by atoms with Crippen molar-refractivity contribution in [2.45, 2.75) is 31.7 Å². The van der Waals surface area contributed by atoms with Crippen molar-refractivity contribution in [3.8, 4) is 0 Å². The van der Waals surface area contributed by atoms with Gasteiger partial charge in [0.1, 0.15) is 0 Å². The molecule has 0 unspecified atom stereocenters. The second-order valence-corrected chi connectivity index (χ2v) is 6.74. The van der Waals surface area contributed by atoms with Gasteiger partial charge in [-0.3, -0.25) is 9.48 Å². The number of piperidine rings is 1. The summed E-state index contributed by atoms with van der Waals surface area (Å²) in [6, 6.07) is 2.31. The Balaban J connectivity index is 1.54. The lowest BCUT2D eigenvalue weighted by Crippen LogP contribution is -2.41. The average Bonchev–Trinajstić information content (AvgIpc) is 3.16. The largest absolute Gasteiger partial charge is 0.340 e. The monoisotopic (exact) mass is 309 g/mol. The predicted molar refractivity (Wildman–Crippen MR) is 87.0 cm³/mol. The van der Waals surface area contributed by atoms with E-state index in [9.17, 15) is 4.79 Å². The molecule has 0 spiro atoms. The third kappa shape index (κ3) is 2.04. The number of carbonyl (C=O) groups is 1. The van der Waals surface area contributed by atoms with E-state index in [1.54, 1.807) is 6.20 Å². The lowest BCUT2D eigenvalue weighted by Gasteiger charge is -2.33. The van der Waals surface area contributed by atoms with Crippen LogP contribution in [0.1, 0.15) is 31.7 Å². The van der Waals surface area contributed by atoms with Crippen LogP contribution in [0, 0.1) is 5.92 Å². The zero-order chi connectivity index (χ0) is 15.4. The van der Waals surface area contributed by atoms with Crippen molar-refractivity contribution in [2.75, 3.05) is 13.1 Å². The van der Waals surface area contributed by atoms with E-state index in [0.717, 1.165) is 60.7 Å². The van der Waals surface area contributed by atoms with Gasteiger partial charge in [0.05, 0.1) is 11.6 Å². The number of pyridine rings is 1. The van der Waals surface area contributed by atoms with Gasteiger partial charge in [-0.2, -0.15) is 0 Å². The van der Waals surface area contributed by atoms with E-state index in [0.29, 0.717) is 17.9 Å². The molecule has 4 heterocycles. The van der Waals surface area contributed by atoms with Gasteiger partial charge >= 0.3 is 0 Å². The molecule has 1 amide bonds. The van der Waals surface area contributed by atoms with Gasteiger partial charge in [-0.15, -0.1) is 0 Å². The topological polar surface area (TPSA) is 66.8 Å². The summed E-state index contributed by atoms with van der Waals surface area (Å²) >= 11 is 0. The predicted octanol–water partition coefficient (Wildman–Crippen LogP) is 2.49. The Kier molecular flexibility index (Phi) is 2.74. The van der Waals surface area contributed by atoms with Crippen LogP contribution >= 0.6 is 0 Å². The number of carbonyl (C=O) groups excluding carboxylic acids is 1. The van der Waals surface area contributed by atoms with Gasteiger partial charge in [-0.05, 0) is 31.7 Å². The summed E-state index contributed by atoms with van der Waals surface area (Å²) in [4.78, 5) is 23.2. The molecule has 0 aromatic carbocycles. The minimum Gasteiger partial charge on any atom is -0.340 e. The lowest BCUT2D eigenvalue weighted by atomic mass is 10.0. The smallest absolute Gasteiger partial charge is 0.225 e. The molecule has 1 aliphatic heterocycles. The van der Waals surface area contributed by atoms with Crippen molar-refractivity contribution in [3.05, 3.63) is 24.7 Å². The summed E-state index contributed by atoms with van der Waals surface area (Å²) < 4.78 is 2.22. The number of hydrogen-bond acceptors (Lipinski definition) is 3. The third-order valence-electron chi connectivity index (χ3n) is 5.13. The lowest BCUT2D eigenvalue weighted by molar-refractivity contribution is -0.134. The molecule has 23 heavy (non-hydrogen) atoms. The van der Waals surface area contributed by atoms with Crippen LogP contribution in [0.4, 0.5) is 0 Å². The first-order valence-corrected chi connectivity index (χ1v) is 8.39. The van der Waals surface area contributed by atoms with Crippen LogP contribution in [0.3, 0.4) is 0 Å². The van der Waals surface area contributed by atoms with Gasteiger partial charge < -0.3 is 10.00 Å². The van der Waals surface area contributed by atoms with Crippen LogP contribution in [-0.2, 0) is 4.79 Å². The molecule has 2 aliphatic rings. The van der Waals surface area contributed by atoms with Crippen LogP contribution in [-0.4, -0.2) is 43.6 Å². The Bertz CT molecular complexity index is 891. The molecule has 118 valence electrons. The highest BCUT2D eigenvalue weighted by atomic mass is 16.2. The summed E-state index contributed by atoms with van der Waals surface area (Å²) in [5.41, 5.74) is 1.94. The molecular weight excluding hydrogens is 290 g/mol. The maximum absolute atomic E-state index is 12.4. The van der Waals surface area contributed by atoms with Crippen LogP contribution in [0.2, 0.25) is 0 Å². The number of amides is 1. The molecule has 6 heteroatoms. The summed E-state index contributed by atoms with van der Waals surface area (Å²) in [5, 5.41) is 5.55. The Labute approximate surface area is 133 Å². The normalized spacial score (nSPS) is 22.1. The van der Waals surface area contributed by atoms with Gasteiger partial charge in [0.25, 0.3) is 0 Å². The molecule has 5 rings (SSSR count). The Morgan fingerprint density at radius 3 is 3.04 bits per heavy atom. The van der Waals surface area contributed by atoms with Crippen molar-refractivity contribution in [2.24, 2.45) is 5.92 Å². The van der Waals surface area contributed by atoms with Crippen molar-refractivity contribution < 1.29 is 4.79 Å². The molecule has 0 bridgehead atoms. The standard InChI is InChI=1S/C17H19N5O/c23-17(11-3-4-11)21-7-1-2-13(10-21)22-15-12(9-20-22)8-19-16-14(15)5-6-18-16/h5-6,8-9,11,13,20H,1-4,7,10H2/t13-/m1/s1. The van der Waals surface area contributed by atoms with E-state index >= 15 is 0 Å². The molecule has 1 atom stereocenters. The fourth-order valence-corrected chi connectivity index (χ4v) is 3.78. The maximum atomic E-state index is 12.4. The molecule has 1 aliphatic carbocycles. The van der Waals surface area contributed by atoms with Crippen LogP contribution in [0.5, 0.6) is 0 Å². The molecular formula is C17H19N5O. The first kappa shape index (κ1) is 13.1. The minimum atomic E-state index is 0.296. The van der Waals surface area contributed by atoms with E-state index in [1.807, 2.05) is 18.5 Å². The second kappa shape index (κ2) is 4.81. The highest BCUT2D eigenvalue weighted by molar-refractivity contribution is 6.02. The Hall–Kier alpha value is -2.37. The number of nitrogens with zero attached hydrogens (tertiary/aromatic N) is 4. The molecule has 3 aromatic rings. The van der Waals surface area contributed by atoms with Crippen molar-refractivity contribution in [1.29, 1.82) is 0 Å². The molecule has 2 fully saturated rings. The summed E-state index contributed by atoms with van der Waals surface area (Å²) in [6.45, 7) is 1.70. The first-order chi connectivity index (χ1) is 11.3. The Morgan fingerprint density at radius 1 is 1.26 bits per heavy atom. The number of fused-ring (bicyclic) bond motifs is 3. The van der Waals surface area contributed by atoms with E-state index < -0.39 is 0 Å². The van der Waals surface area contributed by atoms with E-state index in [1.165, 1.54) is 0 Å². The van der Waals surface area contributed by atoms with Gasteiger partial charge in [-0.1, -0.05) is 0 Å². The zero-order valence-corrected chi connectivity index (χ0v) is 12.9. The highest BCUT2D eigenvalue weighted by Gasteiger charge is 2.36. The second-order valence-electron chi connectivity index (χ2n) is 6.74. The SMILES string of the molecule is O=C(C1CC1)N1CCC[C@@H](n2[nH]cc3cnc4nccc4c32)C1. The van der Waals surface area contributed by atoms with Gasteiger partial charge in [-0.25, -0.2) is 9.97 Å². The fraction of sp³-hybridized carbons (Fsp3) is 0.471. The van der Waals surface area contributed by atoms with E-state index in [-0.39, 0.29) is 0 Å². The number of aromatic nitrogens is 4. The molecule has 1 saturated heterocycles. The fourth-order valence-electron chi connectivity index (χ4n) is 3.78. The minimum absolute atomic E-state index is 0.296. The van der Waals surface area contributed by atoms with Gasteiger partial charge in [0, 0.05) is 48.4 Å². The average molecular weight is 309 g/mol. The number of nitrogens with one attached hydrogen (secondary N) is 1. The number of hydrogen-bond donors (Lipinski definition) is 1. The first-order valence-electron chi connectivity index (χ1n) is 8.39. The van der Waals surface area contributed by atoms with Crippen molar-refractivity contribution in [1.82, 2.24) is 24.6 Å². The summed E-state index contributed by atoms with van der Waals surface area (Å²) in [5.74, 6) is 0.655. The van der Waals surface area contributed by atoms with Crippen LogP contribution < -0.4 is 0 Å². The maximum Gasteiger partial charge on any atom is 0.225 e. The number of H-pyrrole nitrogens is 1. The van der Waals surface area contributed by atoms with E-state index in [2.05, 4.69) is 24.6 Å². The summed E-state index contributed by atoms with van der Waals surface area (Å²) in [6.07, 6.45) is 9.97. The van der Waals surface area contributed by atoms with Gasteiger partial charge in [0.2, 0.25) is 5.91 Å². The number of likely N-dealkylation sites (tertiary alicyclic amines) is 1. The third-order valence-corrected chi connectivity index (χ3v) is 5.13. The molecule has 1 saturated carbocycles. The van der Waals surface area contributed by atoms with E-state index in [4.69, 9.17) is 0 Å². The van der Waals surface area contributed by atoms with Crippen molar-refractivity contribution in [3.63, 3.8) is 0 Å². The Morgan fingerprint density at radius 2 is 2.17 bits per heavy atom. The summed E-state index contributed by atoms with van der Waals surface area (Å²) in [7, 11) is 0. The molecule has 6 nitrogen and oxygen atoms in total. The number of rotatable bonds is 2. The van der Waals surface area contributed by atoms with Crippen LogP contribution in [0.25, 0.3) is 21.9 Å². The number of aromatic amines is 1. The zero-order valence-electron chi connectivity index (χ0n) is 12.9. The molecule has 1 N–H and O–H groups in total. The highest BCUT2D eigenvalue weighted by Crippen LogP contribution is 2.34. The van der Waals surface area contributed by atoms with Crippen LogP contribution in [0.15, 0.2) is 24.7 Å². The quantitative estimate of drug-likeness (QED) is 0.791. The molecule has 3 aromatic heterocycles. The molecule has 0 radical (unpaired) electrons. The van der Waals surface area contributed by atoms with Gasteiger partial charge in [0.15, 0.2) is 5.65 Å².